The molecule has 1 atom stereocenters. The molecule has 16 heavy (non-hydrogen) atoms. The Bertz CT molecular complexity index is 493. The van der Waals surface area contributed by atoms with Crippen molar-refractivity contribution >= 4 is 11.6 Å². The molecule has 5 heteroatoms. The van der Waals surface area contributed by atoms with Crippen LogP contribution in [0.15, 0.2) is 12.1 Å². The molecular formula is C11H8F2N2O. The number of amides is 1. The first-order valence-corrected chi connectivity index (χ1v) is 4.60. The molecule has 0 fully saturated rings. The second-order valence-electron chi connectivity index (χ2n) is 3.36. The number of benzene rings is 1. The van der Waals surface area contributed by atoms with Gasteiger partial charge in [0, 0.05) is 11.6 Å². The molecule has 0 saturated heterocycles. The minimum Gasteiger partial charge on any atom is -0.324 e. The fourth-order valence-corrected chi connectivity index (χ4v) is 1.67. The molecule has 2 rings (SSSR count). The van der Waals surface area contributed by atoms with E-state index in [4.69, 9.17) is 6.42 Å². The van der Waals surface area contributed by atoms with Crippen molar-refractivity contribution in [2.45, 2.75) is 6.04 Å². The van der Waals surface area contributed by atoms with Gasteiger partial charge in [0.1, 0.15) is 17.7 Å². The van der Waals surface area contributed by atoms with Gasteiger partial charge in [0.05, 0.1) is 12.2 Å². The summed E-state index contributed by atoms with van der Waals surface area (Å²) in [4.78, 5) is 11.5. The number of fused-ring (bicyclic) bond motifs is 1. The first-order chi connectivity index (χ1) is 7.63. The van der Waals surface area contributed by atoms with Gasteiger partial charge in [-0.15, -0.1) is 6.42 Å². The van der Waals surface area contributed by atoms with Crippen molar-refractivity contribution in [2.24, 2.45) is 0 Å². The van der Waals surface area contributed by atoms with E-state index >= 15 is 0 Å². The summed E-state index contributed by atoms with van der Waals surface area (Å²) in [5, 5.41) is 5.07. The van der Waals surface area contributed by atoms with Crippen molar-refractivity contribution < 1.29 is 13.6 Å². The van der Waals surface area contributed by atoms with Crippen molar-refractivity contribution in [3.05, 3.63) is 29.3 Å². The predicted octanol–water partition coefficient (Wildman–Crippen LogP) is 1.18. The van der Waals surface area contributed by atoms with E-state index in [-0.39, 0.29) is 17.8 Å². The van der Waals surface area contributed by atoms with E-state index in [0.717, 1.165) is 12.1 Å². The van der Waals surface area contributed by atoms with Gasteiger partial charge in [-0.3, -0.25) is 10.1 Å². The molecule has 0 aliphatic carbocycles. The van der Waals surface area contributed by atoms with Crippen LogP contribution in [-0.2, 0) is 4.79 Å². The van der Waals surface area contributed by atoms with Gasteiger partial charge in [-0.05, 0) is 6.07 Å². The number of terminal acetylenes is 1. The summed E-state index contributed by atoms with van der Waals surface area (Å²) in [6.07, 6.45) is 5.04. The monoisotopic (exact) mass is 222 g/mol. The van der Waals surface area contributed by atoms with E-state index < -0.39 is 23.6 Å². The predicted molar refractivity (Wildman–Crippen MR) is 54.6 cm³/mol. The first-order valence-electron chi connectivity index (χ1n) is 4.60. The van der Waals surface area contributed by atoms with Crippen molar-refractivity contribution in [1.29, 1.82) is 0 Å². The van der Waals surface area contributed by atoms with Gasteiger partial charge in [0.25, 0.3) is 0 Å². The molecule has 2 N–H and O–H groups in total. The third kappa shape index (κ3) is 1.64. The SMILES string of the molecule is C#CCNC1C(=O)Nc2cc(F)cc(F)c21. The number of halogens is 2. The molecule has 1 aliphatic heterocycles. The molecule has 1 amide bonds. The minimum absolute atomic E-state index is 0.113. The van der Waals surface area contributed by atoms with Gasteiger partial charge >= 0.3 is 0 Å². The highest BCUT2D eigenvalue weighted by Crippen LogP contribution is 2.33. The summed E-state index contributed by atoms with van der Waals surface area (Å²) >= 11 is 0. The smallest absolute Gasteiger partial charge is 0.246 e. The van der Waals surface area contributed by atoms with E-state index in [1.807, 2.05) is 0 Å². The molecule has 1 aromatic rings. The average Bonchev–Trinajstić information content (AvgIpc) is 2.51. The number of hydrogen-bond donors (Lipinski definition) is 2. The zero-order valence-corrected chi connectivity index (χ0v) is 8.18. The lowest BCUT2D eigenvalue weighted by atomic mass is 10.1. The quantitative estimate of drug-likeness (QED) is 0.738. The lowest BCUT2D eigenvalue weighted by molar-refractivity contribution is -0.117. The summed E-state index contributed by atoms with van der Waals surface area (Å²) in [5.41, 5.74) is 0.263. The molecule has 0 spiro atoms. The number of carbonyl (C=O) groups is 1. The standard InChI is InChI=1S/C11H8F2N2O/c1-2-3-14-10-9-7(13)4-6(12)5-8(9)15-11(10)16/h1,4-5,10,14H,3H2,(H,15,16). The van der Waals surface area contributed by atoms with Gasteiger partial charge in [0.2, 0.25) is 5.91 Å². The summed E-state index contributed by atoms with van der Waals surface area (Å²) in [5.74, 6) is 0.365. The molecule has 0 radical (unpaired) electrons. The van der Waals surface area contributed by atoms with Crippen LogP contribution < -0.4 is 10.6 Å². The maximum Gasteiger partial charge on any atom is 0.246 e. The van der Waals surface area contributed by atoms with Crippen LogP contribution in [0.3, 0.4) is 0 Å². The Labute approximate surface area is 90.8 Å². The molecule has 1 heterocycles. The number of hydrogen-bond acceptors (Lipinski definition) is 2. The fourth-order valence-electron chi connectivity index (χ4n) is 1.67. The van der Waals surface area contributed by atoms with Gasteiger partial charge in [-0.2, -0.15) is 0 Å². The van der Waals surface area contributed by atoms with E-state index in [0.29, 0.717) is 0 Å². The lowest BCUT2D eigenvalue weighted by Gasteiger charge is -2.09. The summed E-state index contributed by atoms with van der Waals surface area (Å²) in [6, 6.07) is 0.962. The number of carbonyl (C=O) groups excluding carboxylic acids is 1. The Morgan fingerprint density at radius 3 is 2.94 bits per heavy atom. The first kappa shape index (κ1) is 10.6. The Kier molecular flexibility index (Phi) is 2.59. The molecule has 1 unspecified atom stereocenters. The Morgan fingerprint density at radius 1 is 1.50 bits per heavy atom. The molecular weight excluding hydrogens is 214 g/mol. The van der Waals surface area contributed by atoms with Crippen LogP contribution in [0.25, 0.3) is 0 Å². The topological polar surface area (TPSA) is 41.1 Å². The van der Waals surface area contributed by atoms with Crippen LogP contribution in [0.1, 0.15) is 11.6 Å². The molecule has 0 bridgehead atoms. The zero-order valence-electron chi connectivity index (χ0n) is 8.18. The molecule has 82 valence electrons. The van der Waals surface area contributed by atoms with Crippen molar-refractivity contribution in [3.8, 4) is 12.3 Å². The van der Waals surface area contributed by atoms with Crippen LogP contribution in [0.4, 0.5) is 14.5 Å². The van der Waals surface area contributed by atoms with Crippen LogP contribution in [0, 0.1) is 24.0 Å². The normalized spacial score (nSPS) is 17.8. The van der Waals surface area contributed by atoms with Gasteiger partial charge in [0.15, 0.2) is 0 Å². The molecule has 0 aromatic heterocycles. The fraction of sp³-hybridized carbons (Fsp3) is 0.182. The molecule has 0 saturated carbocycles. The van der Waals surface area contributed by atoms with Crippen molar-refractivity contribution in [3.63, 3.8) is 0 Å². The molecule has 1 aliphatic rings. The van der Waals surface area contributed by atoms with Crippen LogP contribution in [0.5, 0.6) is 0 Å². The van der Waals surface area contributed by atoms with Gasteiger partial charge in [-0.25, -0.2) is 8.78 Å². The van der Waals surface area contributed by atoms with E-state index in [1.54, 1.807) is 0 Å². The van der Waals surface area contributed by atoms with Gasteiger partial charge < -0.3 is 5.32 Å². The molecule has 3 nitrogen and oxygen atoms in total. The number of rotatable bonds is 2. The van der Waals surface area contributed by atoms with Crippen LogP contribution >= 0.6 is 0 Å². The van der Waals surface area contributed by atoms with Gasteiger partial charge in [-0.1, -0.05) is 5.92 Å². The maximum atomic E-state index is 13.5. The lowest BCUT2D eigenvalue weighted by Crippen LogP contribution is -2.28. The number of anilines is 1. The van der Waals surface area contributed by atoms with Crippen LogP contribution in [-0.4, -0.2) is 12.5 Å². The van der Waals surface area contributed by atoms with Crippen molar-refractivity contribution in [2.75, 3.05) is 11.9 Å². The van der Waals surface area contributed by atoms with E-state index in [1.165, 1.54) is 0 Å². The second-order valence-corrected chi connectivity index (χ2v) is 3.36. The highest BCUT2D eigenvalue weighted by atomic mass is 19.1. The van der Waals surface area contributed by atoms with E-state index in [9.17, 15) is 13.6 Å². The zero-order chi connectivity index (χ0) is 11.7. The summed E-state index contributed by atoms with van der Waals surface area (Å²) < 4.78 is 26.4. The Hall–Kier alpha value is -1.93. The van der Waals surface area contributed by atoms with Crippen molar-refractivity contribution in [1.82, 2.24) is 5.32 Å². The number of nitrogens with one attached hydrogen (secondary N) is 2. The Balaban J connectivity index is 2.41. The maximum absolute atomic E-state index is 13.5. The largest absolute Gasteiger partial charge is 0.324 e. The highest BCUT2D eigenvalue weighted by molar-refractivity contribution is 6.02. The highest BCUT2D eigenvalue weighted by Gasteiger charge is 2.33. The molecule has 1 aromatic carbocycles. The summed E-state index contributed by atoms with van der Waals surface area (Å²) in [7, 11) is 0. The Morgan fingerprint density at radius 2 is 2.25 bits per heavy atom. The minimum atomic E-state index is -0.855. The van der Waals surface area contributed by atoms with Crippen LogP contribution in [0.2, 0.25) is 0 Å². The second kappa shape index (κ2) is 3.91. The third-order valence-electron chi connectivity index (χ3n) is 2.31. The third-order valence-corrected chi connectivity index (χ3v) is 2.31. The average molecular weight is 222 g/mol. The summed E-state index contributed by atoms with van der Waals surface area (Å²) in [6.45, 7) is 0.133. The van der Waals surface area contributed by atoms with E-state index in [2.05, 4.69) is 16.6 Å².